The first-order valence-electron chi connectivity index (χ1n) is 8.01. The van der Waals surface area contributed by atoms with Crippen LogP contribution in [0, 0.1) is 13.8 Å². The monoisotopic (exact) mass is 363 g/mol. The van der Waals surface area contributed by atoms with Crippen LogP contribution in [0.5, 0.6) is 0 Å². The van der Waals surface area contributed by atoms with Crippen molar-refractivity contribution in [2.45, 2.75) is 33.6 Å². The number of aromatic amines is 1. The zero-order valence-electron chi connectivity index (χ0n) is 14.5. The van der Waals surface area contributed by atoms with E-state index >= 15 is 0 Å². The number of carbonyl (C=O) groups is 3. The van der Waals surface area contributed by atoms with Gasteiger partial charge < -0.3 is 14.5 Å². The molecule has 7 heteroatoms. The van der Waals surface area contributed by atoms with Crippen molar-refractivity contribution in [1.82, 2.24) is 4.98 Å². The number of ether oxygens (including phenoxy) is 2. The summed E-state index contributed by atoms with van der Waals surface area (Å²) in [6, 6.07) is 3.87. The first-order chi connectivity index (χ1) is 11.9. The van der Waals surface area contributed by atoms with Crippen molar-refractivity contribution in [3.8, 4) is 0 Å². The molecule has 0 saturated heterocycles. The van der Waals surface area contributed by atoms with Crippen LogP contribution < -0.4 is 0 Å². The van der Waals surface area contributed by atoms with E-state index in [0.29, 0.717) is 23.2 Å². The van der Waals surface area contributed by atoms with E-state index in [-0.39, 0.29) is 31.1 Å². The molecule has 2 aromatic heterocycles. The van der Waals surface area contributed by atoms with Gasteiger partial charge in [-0.25, -0.2) is 4.79 Å². The van der Waals surface area contributed by atoms with E-state index in [1.165, 1.54) is 0 Å². The van der Waals surface area contributed by atoms with Crippen molar-refractivity contribution in [3.63, 3.8) is 0 Å². The molecule has 0 saturated carbocycles. The Kier molecular flexibility index (Phi) is 6.52. The van der Waals surface area contributed by atoms with Gasteiger partial charge in [-0.05, 0) is 44.2 Å². The lowest BCUT2D eigenvalue weighted by molar-refractivity contribution is -0.142. The highest BCUT2D eigenvalue weighted by atomic mass is 32.1. The Morgan fingerprint density at radius 2 is 1.96 bits per heavy atom. The van der Waals surface area contributed by atoms with E-state index in [1.807, 2.05) is 17.5 Å². The fourth-order valence-electron chi connectivity index (χ4n) is 2.51. The van der Waals surface area contributed by atoms with E-state index < -0.39 is 11.9 Å². The van der Waals surface area contributed by atoms with Crippen molar-refractivity contribution in [3.05, 3.63) is 44.9 Å². The highest BCUT2D eigenvalue weighted by molar-refractivity contribution is 7.09. The predicted molar refractivity (Wildman–Crippen MR) is 94.2 cm³/mol. The molecule has 25 heavy (non-hydrogen) atoms. The predicted octanol–water partition coefficient (Wildman–Crippen LogP) is 3.23. The van der Waals surface area contributed by atoms with Crippen LogP contribution in [0.2, 0.25) is 0 Å². The molecule has 0 amide bonds. The second-order valence-electron chi connectivity index (χ2n) is 5.51. The lowest BCUT2D eigenvalue weighted by Gasteiger charge is -2.04. The Labute approximate surface area is 150 Å². The number of nitrogens with one attached hydrogen (secondary N) is 1. The molecule has 0 aromatic carbocycles. The zero-order valence-corrected chi connectivity index (χ0v) is 15.3. The van der Waals surface area contributed by atoms with Crippen molar-refractivity contribution in [2.75, 3.05) is 13.2 Å². The van der Waals surface area contributed by atoms with E-state index in [0.717, 1.165) is 4.88 Å². The standard InChI is InChI=1S/C18H21NO5S/c1-4-23-18(22)16-11(2)17(19-12(16)3)14(20)10-24-15(21)8-7-13-6-5-9-25-13/h5-6,9,19H,4,7-8,10H2,1-3H3. The fourth-order valence-corrected chi connectivity index (χ4v) is 3.22. The van der Waals surface area contributed by atoms with Gasteiger partial charge in [-0.15, -0.1) is 11.3 Å². The Morgan fingerprint density at radius 1 is 1.20 bits per heavy atom. The number of aryl methyl sites for hydroxylation is 2. The van der Waals surface area contributed by atoms with E-state index in [1.54, 1.807) is 32.1 Å². The molecule has 0 aliphatic rings. The molecule has 2 rings (SSSR count). The molecular weight excluding hydrogens is 342 g/mol. The molecule has 0 unspecified atom stereocenters. The average molecular weight is 363 g/mol. The molecule has 0 aliphatic carbocycles. The fraction of sp³-hybridized carbons (Fsp3) is 0.389. The van der Waals surface area contributed by atoms with Gasteiger partial charge in [0.15, 0.2) is 6.61 Å². The highest BCUT2D eigenvalue weighted by Gasteiger charge is 2.23. The van der Waals surface area contributed by atoms with Crippen molar-refractivity contribution in [1.29, 1.82) is 0 Å². The Hall–Kier alpha value is -2.41. The number of Topliss-reactive ketones (excluding diaryl/α,β-unsaturated/α-hetero) is 1. The summed E-state index contributed by atoms with van der Waals surface area (Å²) in [5.41, 5.74) is 1.69. The third kappa shape index (κ3) is 4.79. The summed E-state index contributed by atoms with van der Waals surface area (Å²) in [7, 11) is 0. The Bertz CT molecular complexity index is 761. The quantitative estimate of drug-likeness (QED) is 0.575. The van der Waals surface area contributed by atoms with Gasteiger partial charge in [0.25, 0.3) is 0 Å². The number of hydrogen-bond acceptors (Lipinski definition) is 6. The Balaban J connectivity index is 1.93. The third-order valence-corrected chi connectivity index (χ3v) is 4.65. The van der Waals surface area contributed by atoms with Gasteiger partial charge in [-0.3, -0.25) is 9.59 Å². The van der Waals surface area contributed by atoms with Crippen LogP contribution >= 0.6 is 11.3 Å². The van der Waals surface area contributed by atoms with Crippen molar-refractivity contribution in [2.24, 2.45) is 0 Å². The molecule has 0 bridgehead atoms. The summed E-state index contributed by atoms with van der Waals surface area (Å²) in [6.07, 6.45) is 0.822. The molecular formula is C18H21NO5S. The molecule has 134 valence electrons. The smallest absolute Gasteiger partial charge is 0.340 e. The second kappa shape index (κ2) is 8.62. The Morgan fingerprint density at radius 3 is 2.60 bits per heavy atom. The minimum absolute atomic E-state index is 0.227. The van der Waals surface area contributed by atoms with Gasteiger partial charge in [0, 0.05) is 10.6 Å². The lowest BCUT2D eigenvalue weighted by atomic mass is 10.1. The lowest BCUT2D eigenvalue weighted by Crippen LogP contribution is -2.16. The number of H-pyrrole nitrogens is 1. The molecule has 0 spiro atoms. The molecule has 0 aliphatic heterocycles. The molecule has 2 aromatic rings. The van der Waals surface area contributed by atoms with Crippen LogP contribution in [0.15, 0.2) is 17.5 Å². The SMILES string of the molecule is CCOC(=O)c1c(C)[nH]c(C(=O)COC(=O)CCc2cccs2)c1C. The third-order valence-electron chi connectivity index (χ3n) is 3.72. The maximum Gasteiger partial charge on any atom is 0.340 e. The van der Waals surface area contributed by atoms with Crippen LogP contribution in [0.1, 0.15) is 50.3 Å². The van der Waals surface area contributed by atoms with Gasteiger partial charge in [-0.2, -0.15) is 0 Å². The molecule has 0 radical (unpaired) electrons. The van der Waals surface area contributed by atoms with Crippen LogP contribution in [-0.2, 0) is 20.7 Å². The number of aromatic nitrogens is 1. The number of thiophene rings is 1. The molecule has 2 heterocycles. The molecule has 6 nitrogen and oxygen atoms in total. The maximum atomic E-state index is 12.3. The molecule has 0 fully saturated rings. The number of hydrogen-bond donors (Lipinski definition) is 1. The molecule has 0 atom stereocenters. The van der Waals surface area contributed by atoms with E-state index in [2.05, 4.69) is 4.98 Å². The molecule has 1 N–H and O–H groups in total. The van der Waals surface area contributed by atoms with E-state index in [9.17, 15) is 14.4 Å². The van der Waals surface area contributed by atoms with Gasteiger partial charge in [-0.1, -0.05) is 6.07 Å². The number of ketones is 1. The van der Waals surface area contributed by atoms with E-state index in [4.69, 9.17) is 9.47 Å². The highest BCUT2D eigenvalue weighted by Crippen LogP contribution is 2.19. The minimum Gasteiger partial charge on any atom is -0.462 e. The second-order valence-corrected chi connectivity index (χ2v) is 6.54. The summed E-state index contributed by atoms with van der Waals surface area (Å²) in [6.45, 7) is 4.99. The number of rotatable bonds is 8. The van der Waals surface area contributed by atoms with Crippen LogP contribution in [0.3, 0.4) is 0 Å². The van der Waals surface area contributed by atoms with Crippen LogP contribution in [0.25, 0.3) is 0 Å². The zero-order chi connectivity index (χ0) is 18.4. The van der Waals surface area contributed by atoms with Gasteiger partial charge in [0.05, 0.1) is 24.3 Å². The minimum atomic E-state index is -0.472. The first kappa shape index (κ1) is 18.9. The summed E-state index contributed by atoms with van der Waals surface area (Å²) >= 11 is 1.58. The average Bonchev–Trinajstić information content (AvgIpc) is 3.18. The summed E-state index contributed by atoms with van der Waals surface area (Å²) in [5.74, 6) is -1.27. The summed E-state index contributed by atoms with van der Waals surface area (Å²) < 4.78 is 10.0. The number of esters is 2. The van der Waals surface area contributed by atoms with Crippen molar-refractivity contribution < 1.29 is 23.9 Å². The normalized spacial score (nSPS) is 10.5. The van der Waals surface area contributed by atoms with Gasteiger partial charge >= 0.3 is 11.9 Å². The largest absolute Gasteiger partial charge is 0.462 e. The van der Waals surface area contributed by atoms with Gasteiger partial charge in [0.2, 0.25) is 5.78 Å². The first-order valence-corrected chi connectivity index (χ1v) is 8.89. The number of carbonyl (C=O) groups excluding carboxylic acids is 3. The summed E-state index contributed by atoms with van der Waals surface area (Å²) in [4.78, 5) is 40.0. The summed E-state index contributed by atoms with van der Waals surface area (Å²) in [5, 5.41) is 1.95. The maximum absolute atomic E-state index is 12.3. The van der Waals surface area contributed by atoms with Crippen molar-refractivity contribution >= 4 is 29.1 Å². The topological polar surface area (TPSA) is 85.5 Å². The van der Waals surface area contributed by atoms with Crippen LogP contribution in [-0.4, -0.2) is 35.9 Å². The van der Waals surface area contributed by atoms with Crippen LogP contribution in [0.4, 0.5) is 0 Å². The van der Waals surface area contributed by atoms with Gasteiger partial charge in [0.1, 0.15) is 0 Å².